The third kappa shape index (κ3) is 3.89. The molecule has 0 aliphatic carbocycles. The Hall–Kier alpha value is -3.58. The maximum Gasteiger partial charge on any atom is 0.266 e. The van der Waals surface area contributed by atoms with E-state index < -0.39 is 5.25 Å². The molecule has 6 nitrogen and oxygen atoms in total. The number of thioether (sulfide) groups is 1. The summed E-state index contributed by atoms with van der Waals surface area (Å²) in [6.07, 6.45) is 0.849. The van der Waals surface area contributed by atoms with Crippen molar-refractivity contribution in [3.8, 4) is 11.4 Å². The predicted octanol–water partition coefficient (Wildman–Crippen LogP) is 4.46. The molecule has 1 aromatic heterocycles. The van der Waals surface area contributed by atoms with Gasteiger partial charge in [-0.1, -0.05) is 48.2 Å². The van der Waals surface area contributed by atoms with Crippen LogP contribution in [-0.4, -0.2) is 34.4 Å². The first-order valence-electron chi connectivity index (χ1n) is 10.8. The highest BCUT2D eigenvalue weighted by atomic mass is 32.2. The molecule has 0 fully saturated rings. The predicted molar refractivity (Wildman–Crippen MR) is 132 cm³/mol. The number of hydrogen-bond acceptors (Lipinski definition) is 5. The number of aromatic nitrogens is 2. The number of para-hydroxylation sites is 2. The van der Waals surface area contributed by atoms with E-state index in [9.17, 15) is 9.59 Å². The zero-order valence-electron chi connectivity index (χ0n) is 18.4. The molecule has 1 aliphatic heterocycles. The topological polar surface area (TPSA) is 64.4 Å². The first kappa shape index (κ1) is 21.3. The van der Waals surface area contributed by atoms with Crippen LogP contribution >= 0.6 is 11.8 Å². The van der Waals surface area contributed by atoms with E-state index in [1.54, 1.807) is 23.8 Å². The summed E-state index contributed by atoms with van der Waals surface area (Å²) < 4.78 is 6.93. The lowest BCUT2D eigenvalue weighted by Crippen LogP contribution is -2.35. The second-order valence-electron chi connectivity index (χ2n) is 7.88. The Balaban J connectivity index is 1.56. The van der Waals surface area contributed by atoms with Gasteiger partial charge < -0.3 is 9.64 Å². The number of anilines is 1. The summed E-state index contributed by atoms with van der Waals surface area (Å²) in [4.78, 5) is 33.5. The van der Waals surface area contributed by atoms with Gasteiger partial charge in [-0.25, -0.2) is 4.98 Å². The highest BCUT2D eigenvalue weighted by Crippen LogP contribution is 2.32. The first-order valence-corrected chi connectivity index (χ1v) is 11.7. The van der Waals surface area contributed by atoms with E-state index in [4.69, 9.17) is 9.72 Å². The average molecular weight is 458 g/mol. The maximum absolute atomic E-state index is 13.5. The van der Waals surface area contributed by atoms with Crippen molar-refractivity contribution in [2.75, 3.05) is 18.6 Å². The fourth-order valence-electron chi connectivity index (χ4n) is 4.16. The quantitative estimate of drug-likeness (QED) is 0.327. The van der Waals surface area contributed by atoms with E-state index in [-0.39, 0.29) is 11.5 Å². The molecule has 0 spiro atoms. The molecule has 0 bridgehead atoms. The van der Waals surface area contributed by atoms with Crippen molar-refractivity contribution < 1.29 is 9.53 Å². The summed E-state index contributed by atoms with van der Waals surface area (Å²) in [6.45, 7) is 2.53. The Morgan fingerprint density at radius 3 is 2.70 bits per heavy atom. The molecule has 33 heavy (non-hydrogen) atoms. The standard InChI is InChI=1S/C26H23N3O3S/c1-17(24(30)28-15-14-18-8-3-6-13-23(18)28)33-26-27-22-12-5-4-11-21(22)25(31)29(26)19-9-7-10-20(16-19)32-2/h3-13,16-17H,14-15H2,1-2H3/t17-/m1/s1. The van der Waals surface area contributed by atoms with E-state index in [0.29, 0.717) is 34.0 Å². The Morgan fingerprint density at radius 2 is 1.85 bits per heavy atom. The lowest BCUT2D eigenvalue weighted by atomic mass is 10.2. The van der Waals surface area contributed by atoms with E-state index in [0.717, 1.165) is 12.1 Å². The molecular formula is C26H23N3O3S. The largest absolute Gasteiger partial charge is 0.497 e. The lowest BCUT2D eigenvalue weighted by Gasteiger charge is -2.22. The van der Waals surface area contributed by atoms with Gasteiger partial charge in [0, 0.05) is 18.3 Å². The Kier molecular flexibility index (Phi) is 5.64. The van der Waals surface area contributed by atoms with Crippen molar-refractivity contribution in [1.29, 1.82) is 0 Å². The van der Waals surface area contributed by atoms with E-state index >= 15 is 0 Å². The Morgan fingerprint density at radius 1 is 1.06 bits per heavy atom. The maximum atomic E-state index is 13.5. The van der Waals surface area contributed by atoms with E-state index in [1.807, 2.05) is 66.4 Å². The van der Waals surface area contributed by atoms with Gasteiger partial charge in [-0.3, -0.25) is 14.2 Å². The molecule has 1 amide bonds. The van der Waals surface area contributed by atoms with Crippen LogP contribution in [0.15, 0.2) is 82.7 Å². The van der Waals surface area contributed by atoms with Crippen LogP contribution in [0.25, 0.3) is 16.6 Å². The molecule has 0 saturated heterocycles. The van der Waals surface area contributed by atoms with Crippen LogP contribution in [0.1, 0.15) is 12.5 Å². The highest BCUT2D eigenvalue weighted by molar-refractivity contribution is 8.00. The van der Waals surface area contributed by atoms with Gasteiger partial charge in [-0.15, -0.1) is 0 Å². The monoisotopic (exact) mass is 457 g/mol. The van der Waals surface area contributed by atoms with Gasteiger partial charge in [0.05, 0.1) is 29.0 Å². The SMILES string of the molecule is COc1cccc(-n2c(S[C@H](C)C(=O)N3CCc4ccccc43)nc3ccccc3c2=O)c1. The van der Waals surface area contributed by atoms with Crippen molar-refractivity contribution in [2.24, 2.45) is 0 Å². The summed E-state index contributed by atoms with van der Waals surface area (Å²) in [5.41, 5.74) is 3.22. The third-order valence-corrected chi connectivity index (χ3v) is 6.88. The smallest absolute Gasteiger partial charge is 0.266 e. The molecule has 5 rings (SSSR count). The number of nitrogens with zero attached hydrogens (tertiary/aromatic N) is 3. The summed E-state index contributed by atoms with van der Waals surface area (Å²) in [6, 6.07) is 22.6. The fraction of sp³-hybridized carbons (Fsp3) is 0.192. The summed E-state index contributed by atoms with van der Waals surface area (Å²) in [5, 5.41) is 0.568. The number of hydrogen-bond donors (Lipinski definition) is 0. The van der Waals surface area contributed by atoms with Crippen molar-refractivity contribution >= 4 is 34.3 Å². The minimum absolute atomic E-state index is 0.00421. The van der Waals surface area contributed by atoms with Gasteiger partial charge in [0.15, 0.2) is 5.16 Å². The summed E-state index contributed by atoms with van der Waals surface area (Å²) in [7, 11) is 1.59. The fourth-order valence-corrected chi connectivity index (χ4v) is 5.15. The van der Waals surface area contributed by atoms with Crippen LogP contribution < -0.4 is 15.2 Å². The molecular weight excluding hydrogens is 434 g/mol. The van der Waals surface area contributed by atoms with Crippen molar-refractivity contribution in [2.45, 2.75) is 23.8 Å². The summed E-state index contributed by atoms with van der Waals surface area (Å²) in [5.74, 6) is 0.644. The van der Waals surface area contributed by atoms with Crippen LogP contribution in [0.2, 0.25) is 0 Å². The van der Waals surface area contributed by atoms with E-state index in [1.165, 1.54) is 17.3 Å². The van der Waals surface area contributed by atoms with Gasteiger partial charge in [-0.05, 0) is 49.2 Å². The van der Waals surface area contributed by atoms with Crippen molar-refractivity contribution in [3.05, 3.63) is 88.7 Å². The normalized spacial score (nSPS) is 13.7. The van der Waals surface area contributed by atoms with Gasteiger partial charge in [0.1, 0.15) is 5.75 Å². The number of carbonyl (C=O) groups is 1. The highest BCUT2D eigenvalue weighted by Gasteiger charge is 2.29. The van der Waals surface area contributed by atoms with Crippen molar-refractivity contribution in [1.82, 2.24) is 9.55 Å². The molecule has 0 N–H and O–H groups in total. The van der Waals surface area contributed by atoms with Crippen LogP contribution in [0.4, 0.5) is 5.69 Å². The second kappa shape index (κ2) is 8.75. The zero-order chi connectivity index (χ0) is 22.9. The third-order valence-electron chi connectivity index (χ3n) is 5.84. The van der Waals surface area contributed by atoms with Crippen molar-refractivity contribution in [3.63, 3.8) is 0 Å². The zero-order valence-corrected chi connectivity index (χ0v) is 19.2. The van der Waals surface area contributed by atoms with Crippen LogP contribution in [0.5, 0.6) is 5.75 Å². The molecule has 3 aromatic carbocycles. The first-order chi connectivity index (χ1) is 16.1. The molecule has 166 valence electrons. The molecule has 4 aromatic rings. The molecule has 0 unspecified atom stereocenters. The minimum Gasteiger partial charge on any atom is -0.497 e. The molecule has 1 atom stereocenters. The Labute approximate surface area is 195 Å². The molecule has 7 heteroatoms. The second-order valence-corrected chi connectivity index (χ2v) is 9.19. The number of amides is 1. The summed E-state index contributed by atoms with van der Waals surface area (Å²) >= 11 is 1.30. The van der Waals surface area contributed by atoms with Crippen LogP contribution in [0, 0.1) is 0 Å². The number of benzene rings is 3. The van der Waals surface area contributed by atoms with Crippen LogP contribution in [0.3, 0.4) is 0 Å². The number of carbonyl (C=O) groups excluding carboxylic acids is 1. The number of ether oxygens (including phenoxy) is 1. The van der Waals surface area contributed by atoms with Gasteiger partial charge in [-0.2, -0.15) is 0 Å². The number of fused-ring (bicyclic) bond motifs is 2. The van der Waals surface area contributed by atoms with E-state index in [2.05, 4.69) is 6.07 Å². The molecule has 0 radical (unpaired) electrons. The Bertz CT molecular complexity index is 1420. The minimum atomic E-state index is -0.430. The number of rotatable bonds is 5. The molecule has 1 aliphatic rings. The van der Waals surface area contributed by atoms with Gasteiger partial charge in [0.25, 0.3) is 5.56 Å². The van der Waals surface area contributed by atoms with Crippen LogP contribution in [-0.2, 0) is 11.2 Å². The number of methoxy groups -OCH3 is 1. The molecule has 2 heterocycles. The lowest BCUT2D eigenvalue weighted by molar-refractivity contribution is -0.117. The molecule has 0 saturated carbocycles. The average Bonchev–Trinajstić information content (AvgIpc) is 3.28. The van der Waals surface area contributed by atoms with Gasteiger partial charge in [0.2, 0.25) is 5.91 Å². The van der Waals surface area contributed by atoms with Gasteiger partial charge >= 0.3 is 0 Å².